The molecule has 0 aromatic carbocycles. The van der Waals surface area contributed by atoms with E-state index < -0.39 is 24.3 Å². The number of likely N-dealkylation sites (N-methyl/N-ethyl adjacent to an activating group) is 1. The third-order valence-corrected chi connectivity index (χ3v) is 13.6. The van der Waals surface area contributed by atoms with Crippen molar-refractivity contribution in [2.45, 2.75) is 296 Å². The van der Waals surface area contributed by atoms with Gasteiger partial charge in [0.1, 0.15) is 13.2 Å². The molecule has 0 spiro atoms. The number of unbranched alkanes of at least 4 members (excludes halogenated alkanes) is 34. The maximum atomic E-state index is 12.9. The monoisotopic (exact) mass is 1030 g/mol. The van der Waals surface area contributed by atoms with Crippen LogP contribution in [0, 0.1) is 0 Å². The number of ether oxygens (including phenoxy) is 4. The molecule has 0 aliphatic carbocycles. The molecule has 9 nitrogen and oxygen atoms in total. The van der Waals surface area contributed by atoms with Crippen molar-refractivity contribution in [3.63, 3.8) is 0 Å². The van der Waals surface area contributed by atoms with E-state index in [1.54, 1.807) is 0 Å². The van der Waals surface area contributed by atoms with Gasteiger partial charge in [-0.05, 0) is 77.0 Å². The number of carbonyl (C=O) groups is 3. The number of esters is 2. The second-order valence-electron chi connectivity index (χ2n) is 22.0. The van der Waals surface area contributed by atoms with Crippen LogP contribution >= 0.6 is 0 Å². The van der Waals surface area contributed by atoms with Crippen LogP contribution in [0.15, 0.2) is 48.6 Å². The summed E-state index contributed by atoms with van der Waals surface area (Å²) in [6, 6.07) is 0. The molecule has 0 amide bonds. The summed E-state index contributed by atoms with van der Waals surface area (Å²) in [7, 11) is 5.97. The third kappa shape index (κ3) is 56.8. The van der Waals surface area contributed by atoms with Gasteiger partial charge in [0.2, 0.25) is 0 Å². The number of aliphatic carboxylic acids is 1. The van der Waals surface area contributed by atoms with E-state index in [2.05, 4.69) is 62.5 Å². The zero-order valence-electron chi connectivity index (χ0n) is 48.6. The van der Waals surface area contributed by atoms with Gasteiger partial charge in [0, 0.05) is 12.8 Å². The average Bonchev–Trinajstić information content (AvgIpc) is 3.36. The Morgan fingerprint density at radius 1 is 0.411 bits per heavy atom. The average molecular weight is 1030 g/mol. The standard InChI is InChI=1S/C64H117NO8/c1-6-8-10-12-14-16-18-20-22-24-26-28-29-30-31-32-33-35-36-38-40-42-44-46-48-50-52-54-61(66)71-58-60(59-72-64(63(68)69)70-57-56-65(3,4)5)73-62(67)55-53-51-49-47-45-43-41-39-37-34-27-25-23-21-19-17-15-13-11-9-7-2/h19,21,24-27,37,39,60,64H,6-18,20,22-23,28-36,38,40-59H2,1-5H3/p+1/b21-19-,26-24-,27-25-,39-37-. The number of hydrogen-bond acceptors (Lipinski definition) is 7. The van der Waals surface area contributed by atoms with Gasteiger partial charge in [0.25, 0.3) is 6.29 Å². The molecular formula is C64H118NO8+. The Bertz CT molecular complexity index is 1340. The van der Waals surface area contributed by atoms with Crippen molar-refractivity contribution in [2.24, 2.45) is 0 Å². The first-order valence-electron chi connectivity index (χ1n) is 30.8. The van der Waals surface area contributed by atoms with Crippen LogP contribution in [0.25, 0.3) is 0 Å². The molecule has 426 valence electrons. The lowest BCUT2D eigenvalue weighted by molar-refractivity contribution is -0.870. The summed E-state index contributed by atoms with van der Waals surface area (Å²) in [6.45, 7) is 4.88. The molecule has 73 heavy (non-hydrogen) atoms. The number of hydrogen-bond donors (Lipinski definition) is 1. The van der Waals surface area contributed by atoms with Crippen LogP contribution in [0.1, 0.15) is 284 Å². The van der Waals surface area contributed by atoms with Gasteiger partial charge in [-0.2, -0.15) is 0 Å². The fourth-order valence-electron chi connectivity index (χ4n) is 8.78. The molecule has 0 heterocycles. The number of rotatable bonds is 57. The van der Waals surface area contributed by atoms with Crippen molar-refractivity contribution < 1.29 is 42.9 Å². The molecule has 0 bridgehead atoms. The van der Waals surface area contributed by atoms with Crippen LogP contribution in [0.5, 0.6) is 0 Å². The van der Waals surface area contributed by atoms with E-state index in [9.17, 15) is 19.5 Å². The highest BCUT2D eigenvalue weighted by molar-refractivity contribution is 5.71. The van der Waals surface area contributed by atoms with E-state index >= 15 is 0 Å². The minimum absolute atomic E-state index is 0.185. The predicted octanol–water partition coefficient (Wildman–Crippen LogP) is 18.2. The molecule has 0 aliphatic heterocycles. The fourth-order valence-corrected chi connectivity index (χ4v) is 8.78. The lowest BCUT2D eigenvalue weighted by Crippen LogP contribution is -2.40. The summed E-state index contributed by atoms with van der Waals surface area (Å²) in [4.78, 5) is 37.5. The largest absolute Gasteiger partial charge is 0.477 e. The Kier molecular flexibility index (Phi) is 53.4. The predicted molar refractivity (Wildman–Crippen MR) is 309 cm³/mol. The molecule has 2 atom stereocenters. The smallest absolute Gasteiger partial charge is 0.361 e. The molecule has 0 rings (SSSR count). The first kappa shape index (κ1) is 70.2. The molecule has 0 aromatic heterocycles. The highest BCUT2D eigenvalue weighted by Crippen LogP contribution is 2.17. The number of carboxylic acids is 1. The van der Waals surface area contributed by atoms with Gasteiger partial charge < -0.3 is 28.5 Å². The Labute approximate surface area is 451 Å². The quantitative estimate of drug-likeness (QED) is 0.0211. The van der Waals surface area contributed by atoms with Crippen LogP contribution in [-0.2, 0) is 33.3 Å². The number of carboxylic acid groups (broad SMARTS) is 1. The normalized spacial score (nSPS) is 13.1. The van der Waals surface area contributed by atoms with Crippen molar-refractivity contribution in [1.82, 2.24) is 0 Å². The van der Waals surface area contributed by atoms with Crippen molar-refractivity contribution in [3.05, 3.63) is 48.6 Å². The Hall–Kier alpha value is -2.75. The van der Waals surface area contributed by atoms with E-state index in [1.165, 1.54) is 193 Å². The van der Waals surface area contributed by atoms with Crippen molar-refractivity contribution in [1.29, 1.82) is 0 Å². The first-order chi connectivity index (χ1) is 35.6. The molecule has 0 aliphatic rings. The zero-order chi connectivity index (χ0) is 53.4. The third-order valence-electron chi connectivity index (χ3n) is 13.6. The lowest BCUT2D eigenvalue weighted by Gasteiger charge is -2.25. The maximum absolute atomic E-state index is 12.9. The fraction of sp³-hybridized carbons (Fsp3) is 0.828. The van der Waals surface area contributed by atoms with Gasteiger partial charge in [0.15, 0.2) is 6.10 Å². The highest BCUT2D eigenvalue weighted by atomic mass is 16.7. The number of carbonyl (C=O) groups excluding carboxylic acids is 2. The molecule has 0 aromatic rings. The topological polar surface area (TPSA) is 108 Å². The van der Waals surface area contributed by atoms with Gasteiger partial charge in [-0.25, -0.2) is 4.79 Å². The Morgan fingerprint density at radius 3 is 1.11 bits per heavy atom. The van der Waals surface area contributed by atoms with Gasteiger partial charge >= 0.3 is 17.9 Å². The van der Waals surface area contributed by atoms with Crippen LogP contribution in [-0.4, -0.2) is 87.4 Å². The molecule has 0 saturated heterocycles. The summed E-state index contributed by atoms with van der Waals surface area (Å²) in [5.74, 6) is -2.01. The van der Waals surface area contributed by atoms with E-state index in [-0.39, 0.29) is 32.2 Å². The molecule has 1 N–H and O–H groups in total. The minimum atomic E-state index is -1.51. The van der Waals surface area contributed by atoms with Crippen LogP contribution < -0.4 is 0 Å². The van der Waals surface area contributed by atoms with Gasteiger partial charge in [-0.1, -0.05) is 242 Å². The first-order valence-corrected chi connectivity index (χ1v) is 30.8. The second-order valence-corrected chi connectivity index (χ2v) is 22.0. The highest BCUT2D eigenvalue weighted by Gasteiger charge is 2.25. The summed E-state index contributed by atoms with van der Waals surface area (Å²) < 4.78 is 22.9. The van der Waals surface area contributed by atoms with Crippen LogP contribution in [0.3, 0.4) is 0 Å². The Morgan fingerprint density at radius 2 is 0.740 bits per heavy atom. The lowest BCUT2D eigenvalue weighted by atomic mass is 10.0. The van der Waals surface area contributed by atoms with E-state index in [1.807, 2.05) is 21.1 Å². The zero-order valence-corrected chi connectivity index (χ0v) is 48.6. The minimum Gasteiger partial charge on any atom is -0.477 e. The van der Waals surface area contributed by atoms with Crippen molar-refractivity contribution >= 4 is 17.9 Å². The molecular weight excluding hydrogens is 911 g/mol. The van der Waals surface area contributed by atoms with Gasteiger partial charge in [0.05, 0.1) is 34.4 Å². The van der Waals surface area contributed by atoms with E-state index in [4.69, 9.17) is 18.9 Å². The number of nitrogens with zero attached hydrogens (tertiary/aromatic N) is 1. The number of allylic oxidation sites excluding steroid dienone is 8. The molecule has 0 fully saturated rings. The van der Waals surface area contributed by atoms with Gasteiger partial charge in [-0.15, -0.1) is 0 Å². The second kappa shape index (κ2) is 55.5. The van der Waals surface area contributed by atoms with E-state index in [0.717, 1.165) is 57.8 Å². The van der Waals surface area contributed by atoms with Gasteiger partial charge in [-0.3, -0.25) is 9.59 Å². The van der Waals surface area contributed by atoms with Crippen LogP contribution in [0.2, 0.25) is 0 Å². The van der Waals surface area contributed by atoms with E-state index in [0.29, 0.717) is 23.9 Å². The molecule has 2 unspecified atom stereocenters. The molecule has 0 radical (unpaired) electrons. The summed E-state index contributed by atoms with van der Waals surface area (Å²) in [5.41, 5.74) is 0. The van der Waals surface area contributed by atoms with Crippen LogP contribution in [0.4, 0.5) is 0 Å². The summed E-state index contributed by atoms with van der Waals surface area (Å²) in [6.07, 6.45) is 66.2. The Balaban J connectivity index is 4.20. The summed E-state index contributed by atoms with van der Waals surface area (Å²) in [5, 5.41) is 9.71. The molecule has 9 heteroatoms. The maximum Gasteiger partial charge on any atom is 0.361 e. The molecule has 0 saturated carbocycles. The number of quaternary nitrogens is 1. The van der Waals surface area contributed by atoms with Crippen molar-refractivity contribution in [3.8, 4) is 0 Å². The SMILES string of the molecule is CCCCCCC/C=C\C/C=C\C/C=C\CCCCCCCCC(=O)OC(COC(=O)CCCCCCCCCCCCCCCCC/C=C\CCCCCCCCCC)COC(OCC[N+](C)(C)C)C(=O)O. The summed E-state index contributed by atoms with van der Waals surface area (Å²) >= 11 is 0. The van der Waals surface area contributed by atoms with Crippen molar-refractivity contribution in [2.75, 3.05) is 47.5 Å².